The van der Waals surface area contributed by atoms with Crippen LogP contribution < -0.4 is 0 Å². The summed E-state index contributed by atoms with van der Waals surface area (Å²) in [6, 6.07) is 3.45. The van der Waals surface area contributed by atoms with Gasteiger partial charge in [0.15, 0.2) is 5.78 Å². The SMILES string of the molecule is CC(=O)c1cn(-c2ccc([N+](=O)[O-])c([N+](=O)[O-])c2)cn1. The molecule has 0 bridgehead atoms. The normalized spacial score (nSPS) is 10.2. The number of nitrogens with zero attached hydrogens (tertiary/aromatic N) is 4. The van der Waals surface area contributed by atoms with E-state index in [1.54, 1.807) is 0 Å². The van der Waals surface area contributed by atoms with Crippen molar-refractivity contribution in [2.75, 3.05) is 0 Å². The molecule has 0 amide bonds. The molecule has 0 N–H and O–H groups in total. The van der Waals surface area contributed by atoms with Crippen molar-refractivity contribution in [3.8, 4) is 5.69 Å². The number of rotatable bonds is 4. The Bertz CT molecular complexity index is 721. The van der Waals surface area contributed by atoms with E-state index in [1.165, 1.54) is 30.1 Å². The lowest BCUT2D eigenvalue weighted by Gasteiger charge is -2.01. The molecule has 0 radical (unpaired) electrons. The largest absolute Gasteiger partial charge is 0.348 e. The highest BCUT2D eigenvalue weighted by Gasteiger charge is 2.24. The van der Waals surface area contributed by atoms with E-state index in [-0.39, 0.29) is 11.5 Å². The minimum Gasteiger partial charge on any atom is -0.305 e. The van der Waals surface area contributed by atoms with E-state index in [4.69, 9.17) is 0 Å². The molecule has 0 unspecified atom stereocenters. The fraction of sp³-hybridized carbons (Fsp3) is 0.0909. The third-order valence-corrected chi connectivity index (χ3v) is 2.59. The second-order valence-corrected chi connectivity index (χ2v) is 3.91. The van der Waals surface area contributed by atoms with Crippen LogP contribution in [0.5, 0.6) is 0 Å². The summed E-state index contributed by atoms with van der Waals surface area (Å²) in [6.07, 6.45) is 2.70. The second kappa shape index (κ2) is 4.88. The van der Waals surface area contributed by atoms with Gasteiger partial charge in [0.1, 0.15) is 12.0 Å². The Labute approximate surface area is 111 Å². The highest BCUT2D eigenvalue weighted by molar-refractivity contribution is 5.91. The zero-order valence-corrected chi connectivity index (χ0v) is 10.2. The molecular weight excluding hydrogens is 268 g/mol. The third-order valence-electron chi connectivity index (χ3n) is 2.59. The van der Waals surface area contributed by atoms with Gasteiger partial charge in [-0.2, -0.15) is 0 Å². The molecule has 0 fully saturated rings. The van der Waals surface area contributed by atoms with Crippen LogP contribution in [0.4, 0.5) is 11.4 Å². The highest BCUT2D eigenvalue weighted by atomic mass is 16.6. The number of carbonyl (C=O) groups is 1. The molecule has 0 aliphatic rings. The minimum atomic E-state index is -0.829. The molecule has 20 heavy (non-hydrogen) atoms. The summed E-state index contributed by atoms with van der Waals surface area (Å²) < 4.78 is 1.38. The van der Waals surface area contributed by atoms with Crippen LogP contribution >= 0.6 is 0 Å². The van der Waals surface area contributed by atoms with Gasteiger partial charge in [0.25, 0.3) is 0 Å². The van der Waals surface area contributed by atoms with Gasteiger partial charge in [-0.1, -0.05) is 0 Å². The molecule has 0 saturated heterocycles. The van der Waals surface area contributed by atoms with Gasteiger partial charge in [0.05, 0.1) is 15.5 Å². The summed E-state index contributed by atoms with van der Waals surface area (Å²) >= 11 is 0. The Balaban J connectivity index is 2.52. The van der Waals surface area contributed by atoms with Crippen LogP contribution in [0.25, 0.3) is 5.69 Å². The van der Waals surface area contributed by atoms with Crippen molar-refractivity contribution in [1.82, 2.24) is 9.55 Å². The van der Waals surface area contributed by atoms with E-state index in [0.717, 1.165) is 12.1 Å². The van der Waals surface area contributed by atoms with Crippen LogP contribution in [-0.2, 0) is 0 Å². The Morgan fingerprint density at radius 2 is 1.85 bits per heavy atom. The van der Waals surface area contributed by atoms with Gasteiger partial charge in [-0.25, -0.2) is 4.98 Å². The lowest BCUT2D eigenvalue weighted by atomic mass is 10.2. The molecule has 1 heterocycles. The predicted molar refractivity (Wildman–Crippen MR) is 66.9 cm³/mol. The number of benzene rings is 1. The summed E-state index contributed by atoms with van der Waals surface area (Å²) in [5.74, 6) is -0.250. The number of hydrogen-bond acceptors (Lipinski definition) is 6. The van der Waals surface area contributed by atoms with E-state index >= 15 is 0 Å². The van der Waals surface area contributed by atoms with Crippen LogP contribution in [0.3, 0.4) is 0 Å². The number of ketones is 1. The van der Waals surface area contributed by atoms with Crippen molar-refractivity contribution in [2.24, 2.45) is 0 Å². The van der Waals surface area contributed by atoms with Crippen molar-refractivity contribution in [3.63, 3.8) is 0 Å². The summed E-state index contributed by atoms with van der Waals surface area (Å²) in [5.41, 5.74) is -0.704. The van der Waals surface area contributed by atoms with Crippen molar-refractivity contribution in [2.45, 2.75) is 6.92 Å². The number of aromatic nitrogens is 2. The predicted octanol–water partition coefficient (Wildman–Crippen LogP) is 1.89. The molecule has 0 spiro atoms. The molecule has 2 aromatic rings. The highest BCUT2D eigenvalue weighted by Crippen LogP contribution is 2.28. The van der Waals surface area contributed by atoms with Gasteiger partial charge < -0.3 is 4.57 Å². The first-order valence-electron chi connectivity index (χ1n) is 5.38. The van der Waals surface area contributed by atoms with E-state index in [0.29, 0.717) is 5.69 Å². The average Bonchev–Trinajstić information content (AvgIpc) is 2.87. The number of hydrogen-bond donors (Lipinski definition) is 0. The average molecular weight is 276 g/mol. The molecule has 0 aliphatic carbocycles. The molecule has 2 rings (SSSR count). The summed E-state index contributed by atoms with van der Waals surface area (Å²) in [6.45, 7) is 1.34. The molecule has 0 saturated carbocycles. The van der Waals surface area contributed by atoms with Crippen molar-refractivity contribution in [1.29, 1.82) is 0 Å². The van der Waals surface area contributed by atoms with Gasteiger partial charge in [0, 0.05) is 25.3 Å². The Kier molecular flexibility index (Phi) is 3.25. The molecule has 0 atom stereocenters. The zero-order chi connectivity index (χ0) is 14.9. The summed E-state index contributed by atoms with van der Waals surface area (Å²) in [4.78, 5) is 34.9. The maximum atomic E-state index is 11.1. The molecule has 9 heteroatoms. The smallest absolute Gasteiger partial charge is 0.305 e. The van der Waals surface area contributed by atoms with Crippen LogP contribution in [0.2, 0.25) is 0 Å². The molecule has 0 aliphatic heterocycles. The minimum absolute atomic E-state index is 0.200. The summed E-state index contributed by atoms with van der Waals surface area (Å²) in [7, 11) is 0. The van der Waals surface area contributed by atoms with E-state index in [2.05, 4.69) is 4.98 Å². The van der Waals surface area contributed by atoms with E-state index < -0.39 is 21.2 Å². The van der Waals surface area contributed by atoms with Crippen LogP contribution in [0.15, 0.2) is 30.7 Å². The monoisotopic (exact) mass is 276 g/mol. The maximum Gasteiger partial charge on any atom is 0.348 e. The molecule has 102 valence electrons. The first-order chi connectivity index (χ1) is 9.40. The molecule has 1 aromatic carbocycles. The van der Waals surface area contributed by atoms with E-state index in [1.807, 2.05) is 0 Å². The molecule has 9 nitrogen and oxygen atoms in total. The van der Waals surface area contributed by atoms with Crippen molar-refractivity contribution in [3.05, 3.63) is 56.6 Å². The maximum absolute atomic E-state index is 11.1. The Hall–Kier alpha value is -3.10. The number of nitro benzene ring substituents is 2. The van der Waals surface area contributed by atoms with Crippen molar-refractivity contribution >= 4 is 17.2 Å². The lowest BCUT2D eigenvalue weighted by molar-refractivity contribution is -0.422. The summed E-state index contributed by atoms with van der Waals surface area (Å²) in [5, 5.41) is 21.6. The second-order valence-electron chi connectivity index (χ2n) is 3.91. The van der Waals surface area contributed by atoms with Gasteiger partial charge >= 0.3 is 11.4 Å². The Morgan fingerprint density at radius 1 is 1.20 bits per heavy atom. The number of nitro groups is 2. The van der Waals surface area contributed by atoms with Gasteiger partial charge in [-0.05, 0) is 6.07 Å². The fourth-order valence-electron chi connectivity index (χ4n) is 1.62. The van der Waals surface area contributed by atoms with Gasteiger partial charge in [0.2, 0.25) is 0 Å². The fourth-order valence-corrected chi connectivity index (χ4v) is 1.62. The van der Waals surface area contributed by atoms with Crippen LogP contribution in [-0.4, -0.2) is 25.2 Å². The van der Waals surface area contributed by atoms with Crippen LogP contribution in [0.1, 0.15) is 17.4 Å². The lowest BCUT2D eigenvalue weighted by Crippen LogP contribution is -1.99. The van der Waals surface area contributed by atoms with E-state index in [9.17, 15) is 25.0 Å². The molecular formula is C11H8N4O5. The number of Topliss-reactive ketones (excluding diaryl/α,β-unsaturated/α-hetero) is 1. The first kappa shape index (κ1) is 13.3. The Morgan fingerprint density at radius 3 is 2.35 bits per heavy atom. The quantitative estimate of drug-likeness (QED) is 0.477. The first-order valence-corrected chi connectivity index (χ1v) is 5.38. The standard InChI is InChI=1S/C11H8N4O5/c1-7(16)9-5-13(6-12-9)8-2-3-10(14(17)18)11(4-8)15(19)20/h2-6H,1H3. The van der Waals surface area contributed by atoms with Gasteiger partial charge in [-0.3, -0.25) is 25.0 Å². The zero-order valence-electron chi connectivity index (χ0n) is 10.2. The van der Waals surface area contributed by atoms with Gasteiger partial charge in [-0.15, -0.1) is 0 Å². The number of imidazole rings is 1. The molecule has 1 aromatic heterocycles. The van der Waals surface area contributed by atoms with Crippen molar-refractivity contribution < 1.29 is 14.6 Å². The van der Waals surface area contributed by atoms with Crippen LogP contribution in [0, 0.1) is 20.2 Å². The number of carbonyl (C=O) groups excluding carboxylic acids is 1. The third kappa shape index (κ3) is 2.36. The topological polar surface area (TPSA) is 121 Å².